The second-order valence-corrected chi connectivity index (χ2v) is 8.09. The fourth-order valence-electron chi connectivity index (χ4n) is 3.80. The van der Waals surface area contributed by atoms with Crippen LogP contribution in [0.2, 0.25) is 0 Å². The van der Waals surface area contributed by atoms with Gasteiger partial charge in [-0.1, -0.05) is 0 Å². The van der Waals surface area contributed by atoms with Gasteiger partial charge in [-0.15, -0.1) is 0 Å². The minimum Gasteiger partial charge on any atom is -0.475 e. The number of piperidine rings is 1. The van der Waals surface area contributed by atoms with Crippen LogP contribution in [0.1, 0.15) is 41.7 Å². The molecule has 0 spiro atoms. The molecule has 1 aliphatic rings. The number of carboxylic acid groups (broad SMARTS) is 1. The van der Waals surface area contributed by atoms with Crippen molar-refractivity contribution >= 4 is 11.9 Å². The summed E-state index contributed by atoms with van der Waals surface area (Å²) in [6.07, 6.45) is 3.78. The highest BCUT2D eigenvalue weighted by atomic mass is 19.4. The lowest BCUT2D eigenvalue weighted by Crippen LogP contribution is -2.45. The van der Waals surface area contributed by atoms with Gasteiger partial charge in [-0.3, -0.25) is 19.4 Å². The summed E-state index contributed by atoms with van der Waals surface area (Å²) in [6.45, 7) is 4.12. The van der Waals surface area contributed by atoms with Gasteiger partial charge >= 0.3 is 12.1 Å². The van der Waals surface area contributed by atoms with E-state index in [0.29, 0.717) is 23.1 Å². The average molecular weight is 493 g/mol. The average Bonchev–Trinajstić information content (AvgIpc) is 3.49. The maximum atomic E-state index is 12.9. The molecule has 12 heteroatoms. The smallest absolute Gasteiger partial charge is 0.475 e. The van der Waals surface area contributed by atoms with E-state index in [1.807, 2.05) is 25.5 Å². The van der Waals surface area contributed by atoms with Gasteiger partial charge in [0, 0.05) is 50.8 Å². The number of carbonyl (C=O) groups is 2. The molecule has 0 aliphatic carbocycles. The number of carboxylic acids is 1. The lowest BCUT2D eigenvalue weighted by molar-refractivity contribution is -0.192. The number of furan rings is 1. The molecule has 0 bridgehead atoms. The molecule has 0 saturated carbocycles. The van der Waals surface area contributed by atoms with Crippen molar-refractivity contribution in [3.63, 3.8) is 0 Å². The molecule has 1 saturated heterocycles. The number of hydrogen-bond acceptors (Lipinski definition) is 6. The van der Waals surface area contributed by atoms with Crippen LogP contribution < -0.4 is 5.32 Å². The molecule has 9 nitrogen and oxygen atoms in total. The Balaban J connectivity index is 0.000000429. The molecule has 1 fully saturated rings. The van der Waals surface area contributed by atoms with Gasteiger partial charge in [-0.05, 0) is 49.6 Å². The van der Waals surface area contributed by atoms with Crippen molar-refractivity contribution in [2.75, 3.05) is 13.1 Å². The van der Waals surface area contributed by atoms with E-state index in [0.717, 1.165) is 25.9 Å². The van der Waals surface area contributed by atoms with Crippen LogP contribution in [0.15, 0.2) is 53.5 Å². The predicted octanol–water partition coefficient (Wildman–Crippen LogP) is 3.66. The normalized spacial score (nSPS) is 15.7. The number of nitrogens with one attached hydrogen (secondary N) is 1. The Morgan fingerprint density at radius 1 is 1.20 bits per heavy atom. The topological polar surface area (TPSA) is 113 Å². The number of amides is 1. The quantitative estimate of drug-likeness (QED) is 0.558. The highest BCUT2D eigenvalue weighted by Crippen LogP contribution is 2.25. The fraction of sp³-hybridized carbons (Fsp3) is 0.391. The van der Waals surface area contributed by atoms with Crippen LogP contribution in [0.4, 0.5) is 13.2 Å². The predicted molar refractivity (Wildman–Crippen MR) is 119 cm³/mol. The van der Waals surface area contributed by atoms with E-state index in [1.54, 1.807) is 23.2 Å². The summed E-state index contributed by atoms with van der Waals surface area (Å²) in [7, 11) is 1.81. The van der Waals surface area contributed by atoms with Gasteiger partial charge in [0.2, 0.25) is 0 Å². The molecule has 1 unspecified atom stereocenters. The Kier molecular flexibility index (Phi) is 8.28. The summed E-state index contributed by atoms with van der Waals surface area (Å²) in [5.74, 6) is -2.25. The van der Waals surface area contributed by atoms with Crippen molar-refractivity contribution in [2.24, 2.45) is 7.05 Å². The van der Waals surface area contributed by atoms with E-state index in [2.05, 4.69) is 39.4 Å². The standard InChI is InChI=1S/C21H25N5O2.C2HF3O2/c1-15(16-5-9-22-10-6-16)26-11-7-17(8-12-26)23-21(27)18-14-25(2)24-20(18)19-4-3-13-28-19;3-2(4,5)1(6)7/h3-6,9-10,13-15,17H,7-8,11-12H2,1-2H3,(H,23,27);(H,6,7). The number of rotatable bonds is 5. The molecule has 4 rings (SSSR count). The van der Waals surface area contributed by atoms with Gasteiger partial charge in [0.15, 0.2) is 5.76 Å². The lowest BCUT2D eigenvalue weighted by atomic mass is 10.0. The number of aromatic nitrogens is 3. The van der Waals surface area contributed by atoms with E-state index < -0.39 is 12.1 Å². The number of nitrogens with zero attached hydrogens (tertiary/aromatic N) is 4. The van der Waals surface area contributed by atoms with E-state index in [-0.39, 0.29) is 11.9 Å². The lowest BCUT2D eigenvalue weighted by Gasteiger charge is -2.36. The number of likely N-dealkylation sites (tertiary alicyclic amines) is 1. The zero-order valence-corrected chi connectivity index (χ0v) is 19.2. The van der Waals surface area contributed by atoms with Gasteiger partial charge in [0.05, 0.1) is 11.8 Å². The van der Waals surface area contributed by atoms with Gasteiger partial charge in [-0.2, -0.15) is 18.3 Å². The molecule has 188 valence electrons. The number of halogens is 3. The van der Waals surface area contributed by atoms with E-state index in [4.69, 9.17) is 14.3 Å². The van der Waals surface area contributed by atoms with Crippen LogP contribution in [0.5, 0.6) is 0 Å². The fourth-order valence-corrected chi connectivity index (χ4v) is 3.80. The largest absolute Gasteiger partial charge is 0.490 e. The first-order valence-corrected chi connectivity index (χ1v) is 10.9. The third-order valence-corrected chi connectivity index (χ3v) is 5.67. The highest BCUT2D eigenvalue weighted by molar-refractivity contribution is 5.99. The molecule has 35 heavy (non-hydrogen) atoms. The Morgan fingerprint density at radius 3 is 2.37 bits per heavy atom. The van der Waals surface area contributed by atoms with Crippen LogP contribution in [0, 0.1) is 0 Å². The van der Waals surface area contributed by atoms with E-state index in [9.17, 15) is 18.0 Å². The van der Waals surface area contributed by atoms with Crippen molar-refractivity contribution in [1.82, 2.24) is 25.0 Å². The van der Waals surface area contributed by atoms with Crippen molar-refractivity contribution in [2.45, 2.75) is 38.0 Å². The Labute approximate surface area is 199 Å². The van der Waals surface area contributed by atoms with Crippen molar-refractivity contribution in [3.05, 3.63) is 60.2 Å². The molecule has 3 aromatic rings. The monoisotopic (exact) mass is 493 g/mol. The van der Waals surface area contributed by atoms with Crippen LogP contribution >= 0.6 is 0 Å². The van der Waals surface area contributed by atoms with Gasteiger partial charge in [-0.25, -0.2) is 4.79 Å². The van der Waals surface area contributed by atoms with Crippen LogP contribution in [-0.4, -0.2) is 62.0 Å². The Hall–Kier alpha value is -3.67. The number of hydrogen-bond donors (Lipinski definition) is 2. The molecule has 1 amide bonds. The molecule has 1 aliphatic heterocycles. The summed E-state index contributed by atoms with van der Waals surface area (Å²) >= 11 is 0. The minimum absolute atomic E-state index is 0.0971. The molecule has 0 radical (unpaired) electrons. The zero-order valence-electron chi connectivity index (χ0n) is 19.2. The summed E-state index contributed by atoms with van der Waals surface area (Å²) < 4.78 is 38.8. The molecule has 1 atom stereocenters. The Morgan fingerprint density at radius 2 is 1.83 bits per heavy atom. The summed E-state index contributed by atoms with van der Waals surface area (Å²) in [5.41, 5.74) is 2.40. The highest BCUT2D eigenvalue weighted by Gasteiger charge is 2.38. The Bertz CT molecular complexity index is 1110. The number of pyridine rings is 1. The van der Waals surface area contributed by atoms with Crippen molar-refractivity contribution < 1.29 is 32.3 Å². The zero-order chi connectivity index (χ0) is 25.6. The van der Waals surface area contributed by atoms with Crippen molar-refractivity contribution in [3.8, 4) is 11.5 Å². The van der Waals surface area contributed by atoms with Gasteiger partial charge in [0.25, 0.3) is 5.91 Å². The molecular weight excluding hydrogens is 467 g/mol. The van der Waals surface area contributed by atoms with Gasteiger partial charge in [0.1, 0.15) is 5.69 Å². The van der Waals surface area contributed by atoms with Crippen molar-refractivity contribution in [1.29, 1.82) is 0 Å². The van der Waals surface area contributed by atoms with Crippen LogP contribution in [0.3, 0.4) is 0 Å². The summed E-state index contributed by atoms with van der Waals surface area (Å²) in [5, 5.41) is 14.7. The van der Waals surface area contributed by atoms with Gasteiger partial charge < -0.3 is 14.8 Å². The third kappa shape index (κ3) is 6.92. The SMILES string of the molecule is CC(c1ccncc1)N1CCC(NC(=O)c2cn(C)nc2-c2ccco2)CC1.O=C(O)C(F)(F)F. The number of aliphatic carboxylic acids is 1. The molecule has 0 aromatic carbocycles. The second-order valence-electron chi connectivity index (χ2n) is 8.09. The maximum Gasteiger partial charge on any atom is 0.490 e. The molecule has 4 heterocycles. The molecule has 3 aromatic heterocycles. The summed E-state index contributed by atoms with van der Waals surface area (Å²) in [6, 6.07) is 8.26. The first-order chi connectivity index (χ1) is 16.6. The number of aryl methyl sites for hydroxylation is 1. The second kappa shape index (κ2) is 11.2. The number of alkyl halides is 3. The number of carbonyl (C=O) groups excluding carboxylic acids is 1. The third-order valence-electron chi connectivity index (χ3n) is 5.67. The summed E-state index contributed by atoms with van der Waals surface area (Å²) in [4.78, 5) is 28.3. The molecule has 2 N–H and O–H groups in total. The van der Waals surface area contributed by atoms with E-state index in [1.165, 1.54) is 5.56 Å². The first kappa shape index (κ1) is 25.9. The maximum absolute atomic E-state index is 12.9. The van der Waals surface area contributed by atoms with Crippen LogP contribution in [-0.2, 0) is 11.8 Å². The first-order valence-electron chi connectivity index (χ1n) is 10.9. The molecular formula is C23H26F3N5O4. The minimum atomic E-state index is -5.08. The van der Waals surface area contributed by atoms with Crippen LogP contribution in [0.25, 0.3) is 11.5 Å². The van der Waals surface area contributed by atoms with E-state index >= 15 is 0 Å².